The van der Waals surface area contributed by atoms with E-state index in [2.05, 4.69) is 26.1 Å². The number of nitrogens with one attached hydrogen (secondary N) is 1. The Morgan fingerprint density at radius 2 is 0.707 bits per heavy atom. The molecule has 0 saturated carbocycles. The zero-order valence-corrected chi connectivity index (χ0v) is 49.0. The van der Waals surface area contributed by atoms with Gasteiger partial charge in [0.15, 0.2) is 11.5 Å². The summed E-state index contributed by atoms with van der Waals surface area (Å²) < 4.78 is 37.0. The lowest BCUT2D eigenvalue weighted by molar-refractivity contribution is 0.0651. The lowest BCUT2D eigenvalue weighted by atomic mass is 10.1. The molecular weight excluding hydrogens is 1030 g/mol. The molecule has 0 atom stereocenters. The van der Waals surface area contributed by atoms with Crippen LogP contribution in [0.25, 0.3) is 0 Å². The minimum atomic E-state index is -0.925. The molecule has 82 heavy (non-hydrogen) atoms. The van der Waals surface area contributed by atoms with Crippen LogP contribution in [0.2, 0.25) is 0 Å². The van der Waals surface area contributed by atoms with E-state index in [0.717, 1.165) is 77.0 Å². The number of rotatable bonds is 41. The molecule has 1 N–H and O–H groups in total. The van der Waals surface area contributed by atoms with Gasteiger partial charge in [0.1, 0.15) is 46.1 Å². The number of benzene rings is 5. The van der Waals surface area contributed by atoms with Crippen LogP contribution in [0.4, 0.5) is 5.69 Å². The Morgan fingerprint density at radius 3 is 1.06 bits per heavy atom. The minimum Gasteiger partial charge on any atom is -0.493 e. The number of hydrogen-bond donors (Lipinski definition) is 1. The van der Waals surface area contributed by atoms with Gasteiger partial charge in [0.2, 0.25) is 5.75 Å². The van der Waals surface area contributed by atoms with Crippen LogP contribution in [0.3, 0.4) is 0 Å². The number of hydrogen-bond acceptors (Lipinski definition) is 12. The molecule has 0 fully saturated rings. The molecule has 0 heterocycles. The number of ether oxygens (including phenoxy) is 6. The van der Waals surface area contributed by atoms with Gasteiger partial charge in [-0.05, 0) is 86.0 Å². The molecule has 0 aromatic heterocycles. The van der Waals surface area contributed by atoms with E-state index in [-0.39, 0.29) is 56.3 Å². The molecule has 0 unspecified atom stereocenters. The summed E-state index contributed by atoms with van der Waals surface area (Å²) in [5.41, 5.74) is 0.278. The molecule has 0 saturated heterocycles. The topological polar surface area (TPSA) is 183 Å². The number of amides is 1. The molecule has 13 heteroatoms. The summed E-state index contributed by atoms with van der Waals surface area (Å²) in [5.74, 6) is -4.13. The maximum absolute atomic E-state index is 14.6. The first-order chi connectivity index (χ1) is 40.2. The highest BCUT2D eigenvalue weighted by Crippen LogP contribution is 2.42. The summed E-state index contributed by atoms with van der Waals surface area (Å²) in [5, 5.41) is 22.1. The van der Waals surface area contributed by atoms with Crippen molar-refractivity contribution in [1.82, 2.24) is 0 Å². The molecular formula is C69H87N3O10. The molecule has 1 amide bonds. The molecule has 0 aliphatic carbocycles. The Balaban J connectivity index is 1.48. The van der Waals surface area contributed by atoms with Gasteiger partial charge in [-0.15, -0.1) is 0 Å². The van der Waals surface area contributed by atoms with E-state index in [4.69, 9.17) is 28.4 Å². The normalized spacial score (nSPS) is 10.8. The summed E-state index contributed by atoms with van der Waals surface area (Å²) >= 11 is 0. The number of unbranched alkanes of at least 4 members (excludes halogenated alkanes) is 24. The number of nitriles is 2. The van der Waals surface area contributed by atoms with Crippen LogP contribution in [-0.2, 0) is 0 Å². The van der Waals surface area contributed by atoms with E-state index in [0.29, 0.717) is 19.8 Å². The van der Waals surface area contributed by atoms with Crippen LogP contribution in [0.15, 0.2) is 103 Å². The zero-order chi connectivity index (χ0) is 58.4. The van der Waals surface area contributed by atoms with Crippen LogP contribution >= 0.6 is 0 Å². The SMILES string of the molecule is CCCCCCCCCCCOc1ccccc1C(=O)Oc1cc(C(=O)Nc2ccc(C#N)c(C#N)c2)cc(OC(=O)c2ccccc2OCCCCCCCCCCC)c1OC(=O)c1ccccc1OCCCCCCCCCCC. The zero-order valence-electron chi connectivity index (χ0n) is 49.0. The number of esters is 3. The van der Waals surface area contributed by atoms with E-state index >= 15 is 0 Å². The molecule has 0 aliphatic rings. The van der Waals surface area contributed by atoms with Gasteiger partial charge in [0, 0.05) is 11.3 Å². The summed E-state index contributed by atoms with van der Waals surface area (Å²) in [4.78, 5) is 58.1. The van der Waals surface area contributed by atoms with Crippen molar-refractivity contribution in [1.29, 1.82) is 10.5 Å². The fourth-order valence-corrected chi connectivity index (χ4v) is 9.50. The van der Waals surface area contributed by atoms with Crippen molar-refractivity contribution in [3.8, 4) is 46.6 Å². The van der Waals surface area contributed by atoms with E-state index in [1.807, 2.05) is 12.1 Å². The van der Waals surface area contributed by atoms with Crippen molar-refractivity contribution < 1.29 is 47.6 Å². The van der Waals surface area contributed by atoms with E-state index in [1.165, 1.54) is 127 Å². The quantitative estimate of drug-likeness (QED) is 0.0222. The standard InChI is InChI=1S/C69H87N3O10/c1-4-7-10-13-16-19-22-25-34-45-77-60-40-31-28-37-57(60)67(74)80-63-49-54(66(73)72-56-44-43-53(51-70)55(48-56)52-71)50-64(81-68(75)58-38-29-32-41-61(58)78-46-35-26-23-20-17-14-11-8-5-2)65(63)82-69(76)59-39-30-33-42-62(59)79-47-36-27-24-21-18-15-12-9-6-3/h28-33,37-44,48-50H,4-27,34-36,45-47H2,1-3H3,(H,72,73). The van der Waals surface area contributed by atoms with Crippen molar-refractivity contribution in [3.63, 3.8) is 0 Å². The third-order valence-corrected chi connectivity index (χ3v) is 14.2. The number of carbonyl (C=O) groups is 4. The summed E-state index contributed by atoms with van der Waals surface area (Å²) in [6.07, 6.45) is 30.4. The highest BCUT2D eigenvalue weighted by Gasteiger charge is 2.29. The average molecular weight is 1120 g/mol. The number of para-hydroxylation sites is 3. The van der Waals surface area contributed by atoms with Gasteiger partial charge in [-0.2, -0.15) is 10.5 Å². The lowest BCUT2D eigenvalue weighted by Crippen LogP contribution is -2.19. The van der Waals surface area contributed by atoms with Gasteiger partial charge in [-0.3, -0.25) is 4.79 Å². The van der Waals surface area contributed by atoms with Crippen molar-refractivity contribution in [2.75, 3.05) is 25.1 Å². The molecule has 5 aromatic carbocycles. The second-order valence-corrected chi connectivity index (χ2v) is 20.9. The van der Waals surface area contributed by atoms with Crippen molar-refractivity contribution >= 4 is 29.5 Å². The minimum absolute atomic E-state index is 0.0293. The largest absolute Gasteiger partial charge is 0.493 e. The maximum Gasteiger partial charge on any atom is 0.347 e. The van der Waals surface area contributed by atoms with Crippen LogP contribution in [0.5, 0.6) is 34.5 Å². The summed E-state index contributed by atoms with van der Waals surface area (Å²) in [7, 11) is 0. The van der Waals surface area contributed by atoms with E-state index < -0.39 is 41.1 Å². The van der Waals surface area contributed by atoms with Gasteiger partial charge < -0.3 is 33.7 Å². The highest BCUT2D eigenvalue weighted by molar-refractivity contribution is 6.06. The molecule has 0 bridgehead atoms. The first kappa shape index (κ1) is 65.2. The van der Waals surface area contributed by atoms with Gasteiger partial charge in [-0.1, -0.05) is 211 Å². The predicted octanol–water partition coefficient (Wildman–Crippen LogP) is 18.1. The van der Waals surface area contributed by atoms with E-state index in [1.54, 1.807) is 72.8 Å². The van der Waals surface area contributed by atoms with Crippen molar-refractivity contribution in [3.05, 3.63) is 137 Å². The molecule has 5 aromatic rings. The summed E-state index contributed by atoms with van der Waals surface area (Å²) in [6.45, 7) is 7.70. The lowest BCUT2D eigenvalue weighted by Gasteiger charge is -2.18. The second kappa shape index (κ2) is 38.9. The smallest absolute Gasteiger partial charge is 0.347 e. The Hall–Kier alpha value is -7.64. The molecule has 0 radical (unpaired) electrons. The third kappa shape index (κ3) is 23.1. The van der Waals surface area contributed by atoms with Gasteiger partial charge >= 0.3 is 17.9 Å². The Bertz CT molecular complexity index is 2730. The predicted molar refractivity (Wildman–Crippen MR) is 323 cm³/mol. The van der Waals surface area contributed by atoms with Crippen molar-refractivity contribution in [2.45, 2.75) is 194 Å². The fourth-order valence-electron chi connectivity index (χ4n) is 9.50. The Kier molecular flexibility index (Phi) is 30.9. The van der Waals surface area contributed by atoms with Gasteiger partial charge in [0.25, 0.3) is 5.91 Å². The third-order valence-electron chi connectivity index (χ3n) is 14.2. The second-order valence-electron chi connectivity index (χ2n) is 20.9. The number of nitrogens with zero attached hydrogens (tertiary/aromatic N) is 2. The molecule has 0 aliphatic heterocycles. The Morgan fingerprint density at radius 1 is 0.378 bits per heavy atom. The highest BCUT2D eigenvalue weighted by atomic mass is 16.6. The van der Waals surface area contributed by atoms with Crippen LogP contribution in [0, 0.1) is 22.7 Å². The van der Waals surface area contributed by atoms with Crippen LogP contribution in [0.1, 0.15) is 247 Å². The molecule has 438 valence electrons. The maximum atomic E-state index is 14.6. The first-order valence-corrected chi connectivity index (χ1v) is 30.5. The Labute approximate surface area is 488 Å². The first-order valence-electron chi connectivity index (χ1n) is 30.5. The fraction of sp³-hybridized carbons (Fsp3) is 0.478. The average Bonchev–Trinajstić information content (AvgIpc) is 3.53. The van der Waals surface area contributed by atoms with Crippen LogP contribution < -0.4 is 33.7 Å². The monoisotopic (exact) mass is 1120 g/mol. The van der Waals surface area contributed by atoms with Crippen molar-refractivity contribution in [2.24, 2.45) is 0 Å². The molecule has 13 nitrogen and oxygen atoms in total. The molecule has 0 spiro atoms. The van der Waals surface area contributed by atoms with Crippen LogP contribution in [-0.4, -0.2) is 43.6 Å². The molecule has 5 rings (SSSR count). The number of carbonyl (C=O) groups excluding carboxylic acids is 4. The summed E-state index contributed by atoms with van der Waals surface area (Å²) in [6, 6.07) is 30.4. The van der Waals surface area contributed by atoms with E-state index in [9.17, 15) is 29.7 Å². The van der Waals surface area contributed by atoms with Gasteiger partial charge in [-0.25, -0.2) is 14.4 Å². The van der Waals surface area contributed by atoms with Gasteiger partial charge in [0.05, 0.1) is 30.9 Å². The number of anilines is 1.